The topological polar surface area (TPSA) is 63.5 Å². The van der Waals surface area contributed by atoms with E-state index in [4.69, 9.17) is 4.74 Å². The Morgan fingerprint density at radius 2 is 1.91 bits per heavy atom. The van der Waals surface area contributed by atoms with E-state index in [0.29, 0.717) is 18.9 Å². The Morgan fingerprint density at radius 1 is 1.04 bits per heavy atom. The zero-order chi connectivity index (χ0) is 15.9. The van der Waals surface area contributed by atoms with Crippen molar-refractivity contribution < 1.29 is 9.13 Å². The van der Waals surface area contributed by atoms with Gasteiger partial charge in [0, 0.05) is 31.9 Å². The molecule has 0 saturated heterocycles. The molecular weight excluding hydrogens is 297 g/mol. The van der Waals surface area contributed by atoms with E-state index in [9.17, 15) is 4.39 Å². The first-order valence-electron chi connectivity index (χ1n) is 7.45. The largest absolute Gasteiger partial charge is 0.492 e. The maximum absolute atomic E-state index is 12.7. The number of hydrogen-bond donors (Lipinski definition) is 2. The molecule has 120 valence electrons. The predicted octanol–water partition coefficient (Wildman–Crippen LogP) is 1.95. The molecule has 0 amide bonds. The number of nitrogens with zero attached hydrogens (tertiary/aromatic N) is 3. The molecule has 0 spiro atoms. The molecule has 0 fully saturated rings. The lowest BCUT2D eigenvalue weighted by molar-refractivity contribution is 0.314. The number of anilines is 1. The molecule has 0 atom stereocenters. The highest BCUT2D eigenvalue weighted by molar-refractivity contribution is 5.45. The Labute approximate surface area is 133 Å². The van der Waals surface area contributed by atoms with Crippen LogP contribution in [0.4, 0.5) is 10.2 Å². The number of fused-ring (bicyclic) bond motifs is 1. The third kappa shape index (κ3) is 4.40. The van der Waals surface area contributed by atoms with Crippen molar-refractivity contribution in [3.05, 3.63) is 54.6 Å². The van der Waals surface area contributed by atoms with Crippen molar-refractivity contribution in [1.82, 2.24) is 19.9 Å². The maximum Gasteiger partial charge on any atom is 0.157 e. The molecule has 2 aromatic heterocycles. The first-order chi connectivity index (χ1) is 11.3. The van der Waals surface area contributed by atoms with Crippen LogP contribution in [-0.2, 0) is 0 Å². The summed E-state index contributed by atoms with van der Waals surface area (Å²) in [6.45, 7) is 2.80. The summed E-state index contributed by atoms with van der Waals surface area (Å²) in [5.74, 6) is 1.23. The Kier molecular flexibility index (Phi) is 5.00. The molecule has 2 heterocycles. The monoisotopic (exact) mass is 315 g/mol. The van der Waals surface area contributed by atoms with Crippen molar-refractivity contribution in [2.75, 3.05) is 31.6 Å². The lowest BCUT2D eigenvalue weighted by atomic mass is 10.3. The van der Waals surface area contributed by atoms with Gasteiger partial charge in [-0.1, -0.05) is 0 Å². The summed E-state index contributed by atoms with van der Waals surface area (Å²) in [7, 11) is 0. The van der Waals surface area contributed by atoms with Crippen LogP contribution in [0.5, 0.6) is 5.75 Å². The minimum absolute atomic E-state index is 0.260. The van der Waals surface area contributed by atoms with Gasteiger partial charge in [0.2, 0.25) is 0 Å². The van der Waals surface area contributed by atoms with Gasteiger partial charge in [-0.25, -0.2) is 13.9 Å². The van der Waals surface area contributed by atoms with Crippen LogP contribution in [0.25, 0.3) is 5.65 Å². The molecule has 0 aliphatic carbocycles. The second-order valence-electron chi connectivity index (χ2n) is 4.93. The fourth-order valence-electron chi connectivity index (χ4n) is 2.09. The van der Waals surface area contributed by atoms with Crippen molar-refractivity contribution >= 4 is 11.5 Å². The lowest BCUT2D eigenvalue weighted by Gasteiger charge is -2.09. The van der Waals surface area contributed by atoms with Crippen LogP contribution in [0.1, 0.15) is 0 Å². The average Bonchev–Trinajstić information content (AvgIpc) is 3.03. The van der Waals surface area contributed by atoms with Gasteiger partial charge in [0.1, 0.15) is 24.0 Å². The molecule has 3 rings (SSSR count). The van der Waals surface area contributed by atoms with E-state index < -0.39 is 0 Å². The highest BCUT2D eigenvalue weighted by Crippen LogP contribution is 2.10. The van der Waals surface area contributed by atoms with Crippen molar-refractivity contribution in [2.24, 2.45) is 0 Å². The Bertz CT molecular complexity index is 744. The molecule has 7 heteroatoms. The van der Waals surface area contributed by atoms with Gasteiger partial charge in [0.15, 0.2) is 5.65 Å². The summed E-state index contributed by atoms with van der Waals surface area (Å²) >= 11 is 0. The molecule has 23 heavy (non-hydrogen) atoms. The first kappa shape index (κ1) is 15.2. The lowest BCUT2D eigenvalue weighted by Crippen LogP contribution is -2.26. The minimum Gasteiger partial charge on any atom is -0.492 e. The number of aromatic nitrogens is 3. The molecule has 2 N–H and O–H groups in total. The quantitative estimate of drug-likeness (QED) is 0.622. The van der Waals surface area contributed by atoms with E-state index in [1.54, 1.807) is 22.8 Å². The summed E-state index contributed by atoms with van der Waals surface area (Å²) < 4.78 is 19.9. The van der Waals surface area contributed by atoms with Crippen LogP contribution < -0.4 is 15.4 Å². The van der Waals surface area contributed by atoms with Crippen molar-refractivity contribution in [3.8, 4) is 5.75 Å². The van der Waals surface area contributed by atoms with Gasteiger partial charge >= 0.3 is 0 Å². The molecule has 1 aromatic carbocycles. The fraction of sp³-hybridized carbons (Fsp3) is 0.250. The summed E-state index contributed by atoms with van der Waals surface area (Å²) in [5.41, 5.74) is 0.815. The fourth-order valence-corrected chi connectivity index (χ4v) is 2.09. The van der Waals surface area contributed by atoms with E-state index in [1.165, 1.54) is 12.1 Å². The summed E-state index contributed by atoms with van der Waals surface area (Å²) in [4.78, 5) is 4.42. The maximum atomic E-state index is 12.7. The normalized spacial score (nSPS) is 10.8. The van der Waals surface area contributed by atoms with E-state index in [0.717, 1.165) is 24.6 Å². The molecule has 0 aliphatic rings. The highest BCUT2D eigenvalue weighted by Gasteiger charge is 1.98. The van der Waals surface area contributed by atoms with Crippen LogP contribution in [0, 0.1) is 5.82 Å². The summed E-state index contributed by atoms with van der Waals surface area (Å²) in [6.07, 6.45) is 3.59. The number of benzene rings is 1. The van der Waals surface area contributed by atoms with Crippen LogP contribution in [0.2, 0.25) is 0 Å². The van der Waals surface area contributed by atoms with Gasteiger partial charge in [-0.05, 0) is 30.3 Å². The van der Waals surface area contributed by atoms with Crippen LogP contribution in [-0.4, -0.2) is 40.8 Å². The van der Waals surface area contributed by atoms with Gasteiger partial charge in [-0.15, -0.1) is 0 Å². The predicted molar refractivity (Wildman–Crippen MR) is 86.2 cm³/mol. The van der Waals surface area contributed by atoms with Crippen LogP contribution >= 0.6 is 0 Å². The van der Waals surface area contributed by atoms with Crippen molar-refractivity contribution in [1.29, 1.82) is 0 Å². The highest BCUT2D eigenvalue weighted by atomic mass is 19.1. The Hall–Kier alpha value is -2.67. The van der Waals surface area contributed by atoms with Crippen LogP contribution in [0.15, 0.2) is 48.8 Å². The molecule has 6 nitrogen and oxygen atoms in total. The third-order valence-electron chi connectivity index (χ3n) is 3.23. The smallest absolute Gasteiger partial charge is 0.157 e. The zero-order valence-electron chi connectivity index (χ0n) is 12.6. The number of ether oxygens (including phenoxy) is 1. The second kappa shape index (κ2) is 7.55. The van der Waals surface area contributed by atoms with Gasteiger partial charge in [0.25, 0.3) is 0 Å². The SMILES string of the molecule is Fc1ccc(OCCNCCNc2ccn3nccc3n2)cc1. The molecule has 0 radical (unpaired) electrons. The molecular formula is C16H18FN5O. The molecule has 0 aliphatic heterocycles. The molecule has 0 bridgehead atoms. The zero-order valence-corrected chi connectivity index (χ0v) is 12.6. The van der Waals surface area contributed by atoms with E-state index in [-0.39, 0.29) is 5.82 Å². The van der Waals surface area contributed by atoms with Crippen molar-refractivity contribution in [2.45, 2.75) is 0 Å². The van der Waals surface area contributed by atoms with Crippen LogP contribution in [0.3, 0.4) is 0 Å². The molecule has 3 aromatic rings. The van der Waals surface area contributed by atoms with E-state index >= 15 is 0 Å². The van der Waals surface area contributed by atoms with Gasteiger partial charge in [-0.3, -0.25) is 0 Å². The second-order valence-corrected chi connectivity index (χ2v) is 4.93. The van der Waals surface area contributed by atoms with Gasteiger partial charge < -0.3 is 15.4 Å². The first-order valence-corrected chi connectivity index (χ1v) is 7.45. The molecule has 0 saturated carbocycles. The summed E-state index contributed by atoms with van der Waals surface area (Å²) in [5, 5.41) is 10.6. The third-order valence-corrected chi connectivity index (χ3v) is 3.23. The average molecular weight is 315 g/mol. The number of halogens is 1. The van der Waals surface area contributed by atoms with Crippen molar-refractivity contribution in [3.63, 3.8) is 0 Å². The number of rotatable bonds is 8. The molecule has 0 unspecified atom stereocenters. The standard InChI is InChI=1S/C16H18FN5O/c17-13-1-3-14(4-2-13)23-12-10-18-8-9-19-15-6-11-22-16(21-15)5-7-20-22/h1-7,11,18H,8-10,12H2,(H,19,21). The Balaban J connectivity index is 1.30. The van der Waals surface area contributed by atoms with E-state index in [2.05, 4.69) is 20.7 Å². The number of nitrogens with one attached hydrogen (secondary N) is 2. The summed E-state index contributed by atoms with van der Waals surface area (Å²) in [6, 6.07) is 9.76. The van der Waals surface area contributed by atoms with Gasteiger partial charge in [-0.2, -0.15) is 5.10 Å². The van der Waals surface area contributed by atoms with E-state index in [1.807, 2.05) is 18.3 Å². The minimum atomic E-state index is -0.260. The number of hydrogen-bond acceptors (Lipinski definition) is 5. The Morgan fingerprint density at radius 3 is 2.78 bits per heavy atom. The van der Waals surface area contributed by atoms with Gasteiger partial charge in [0.05, 0.1) is 6.20 Å².